The minimum Gasteiger partial charge on any atom is -0.392 e. The van der Waals surface area contributed by atoms with Crippen molar-refractivity contribution in [3.8, 4) is 0 Å². The molecule has 1 aliphatic rings. The quantitative estimate of drug-likeness (QED) is 0.787. The smallest absolute Gasteiger partial charge is 0.328 e. The van der Waals surface area contributed by atoms with Crippen molar-refractivity contribution in [2.45, 2.75) is 44.6 Å². The molecule has 1 unspecified atom stereocenters. The molecule has 0 spiro atoms. The van der Waals surface area contributed by atoms with Crippen LogP contribution < -0.4 is 5.32 Å². The van der Waals surface area contributed by atoms with E-state index in [-0.39, 0.29) is 13.0 Å². The normalized spacial score (nSPS) is 17.8. The lowest BCUT2D eigenvalue weighted by Crippen LogP contribution is -2.42. The van der Waals surface area contributed by atoms with E-state index in [9.17, 15) is 13.6 Å². The zero-order valence-corrected chi connectivity index (χ0v) is 12.5. The van der Waals surface area contributed by atoms with E-state index in [2.05, 4.69) is 10.5 Å². The highest BCUT2D eigenvalue weighted by Crippen LogP contribution is 2.28. The van der Waals surface area contributed by atoms with E-state index in [0.29, 0.717) is 12.1 Å². The molecular formula is C16H20F2N2O2. The van der Waals surface area contributed by atoms with Crippen molar-refractivity contribution in [2.24, 2.45) is 5.16 Å². The highest BCUT2D eigenvalue weighted by Gasteiger charge is 2.43. The predicted molar refractivity (Wildman–Crippen MR) is 80.0 cm³/mol. The van der Waals surface area contributed by atoms with Crippen molar-refractivity contribution in [1.82, 2.24) is 5.32 Å². The van der Waals surface area contributed by atoms with Crippen LogP contribution >= 0.6 is 0 Å². The number of carbonyl (C=O) groups excluding carboxylic acids is 1. The van der Waals surface area contributed by atoms with Crippen molar-refractivity contribution < 1.29 is 18.4 Å². The van der Waals surface area contributed by atoms with Crippen LogP contribution in [0.4, 0.5) is 8.78 Å². The molecule has 1 atom stereocenters. The van der Waals surface area contributed by atoms with Gasteiger partial charge in [-0.1, -0.05) is 48.8 Å². The van der Waals surface area contributed by atoms with Gasteiger partial charge >= 0.3 is 5.92 Å². The Kier molecular flexibility index (Phi) is 5.46. The van der Waals surface area contributed by atoms with E-state index in [1.54, 1.807) is 0 Å². The molecule has 0 saturated carbocycles. The molecule has 120 valence electrons. The summed E-state index contributed by atoms with van der Waals surface area (Å²) in [6.45, 7) is 2.20. The summed E-state index contributed by atoms with van der Waals surface area (Å²) in [7, 11) is 0. The summed E-state index contributed by atoms with van der Waals surface area (Å²) in [5, 5.41) is 6.12. The third-order valence-corrected chi connectivity index (χ3v) is 3.47. The fourth-order valence-corrected chi connectivity index (χ4v) is 2.23. The van der Waals surface area contributed by atoms with Crippen molar-refractivity contribution in [3.63, 3.8) is 0 Å². The first-order valence-electron chi connectivity index (χ1n) is 7.47. The monoisotopic (exact) mass is 310 g/mol. The second kappa shape index (κ2) is 7.33. The average molecular weight is 310 g/mol. The van der Waals surface area contributed by atoms with Crippen LogP contribution in [-0.2, 0) is 9.63 Å². The number of hydrogen-bond donors (Lipinski definition) is 1. The van der Waals surface area contributed by atoms with Gasteiger partial charge in [0.1, 0.15) is 6.10 Å². The number of amides is 1. The van der Waals surface area contributed by atoms with E-state index in [1.807, 2.05) is 37.3 Å². The molecule has 0 aliphatic carbocycles. The van der Waals surface area contributed by atoms with E-state index >= 15 is 0 Å². The van der Waals surface area contributed by atoms with Gasteiger partial charge < -0.3 is 10.2 Å². The second-order valence-corrected chi connectivity index (χ2v) is 5.35. The van der Waals surface area contributed by atoms with Gasteiger partial charge in [0.05, 0.1) is 12.1 Å². The Morgan fingerprint density at radius 1 is 1.41 bits per heavy atom. The van der Waals surface area contributed by atoms with Crippen molar-refractivity contribution in [1.29, 1.82) is 0 Å². The Labute approximate surface area is 128 Å². The lowest BCUT2D eigenvalue weighted by molar-refractivity contribution is -0.150. The summed E-state index contributed by atoms with van der Waals surface area (Å²) in [5.41, 5.74) is 1.48. The van der Waals surface area contributed by atoms with Crippen LogP contribution in [0.2, 0.25) is 0 Å². The molecule has 0 saturated heterocycles. The number of halogens is 2. The SMILES string of the molecule is CCCCNC(=O)C(F)(F)CC1CC(c2ccccc2)=NO1. The molecule has 1 aliphatic heterocycles. The molecule has 1 heterocycles. The maximum atomic E-state index is 13.9. The first-order chi connectivity index (χ1) is 10.5. The van der Waals surface area contributed by atoms with E-state index in [4.69, 9.17) is 4.84 Å². The van der Waals surface area contributed by atoms with Crippen molar-refractivity contribution in [2.75, 3.05) is 6.54 Å². The molecule has 1 aromatic rings. The molecule has 0 aromatic heterocycles. The number of benzene rings is 1. The Bertz CT molecular complexity index is 532. The third-order valence-electron chi connectivity index (χ3n) is 3.47. The van der Waals surface area contributed by atoms with Gasteiger partial charge in [0.25, 0.3) is 5.91 Å². The van der Waals surface area contributed by atoms with Crippen molar-refractivity contribution >= 4 is 11.6 Å². The Morgan fingerprint density at radius 3 is 2.82 bits per heavy atom. The summed E-state index contributed by atoms with van der Waals surface area (Å²) in [6.07, 6.45) is 0.365. The molecule has 4 nitrogen and oxygen atoms in total. The molecule has 0 bridgehead atoms. The molecule has 1 N–H and O–H groups in total. The Morgan fingerprint density at radius 2 is 2.14 bits per heavy atom. The molecule has 1 amide bonds. The lowest BCUT2D eigenvalue weighted by atomic mass is 10.0. The molecular weight excluding hydrogens is 290 g/mol. The Balaban J connectivity index is 1.86. The summed E-state index contributed by atoms with van der Waals surface area (Å²) in [6, 6.07) is 9.26. The number of rotatable bonds is 7. The maximum absolute atomic E-state index is 13.9. The lowest BCUT2D eigenvalue weighted by Gasteiger charge is -2.18. The minimum atomic E-state index is -3.44. The van der Waals surface area contributed by atoms with Crippen LogP contribution in [0, 0.1) is 0 Å². The number of alkyl halides is 2. The van der Waals surface area contributed by atoms with Gasteiger partial charge in [0.2, 0.25) is 0 Å². The fraction of sp³-hybridized carbons (Fsp3) is 0.500. The number of nitrogens with one attached hydrogen (secondary N) is 1. The molecule has 1 aromatic carbocycles. The number of hydrogen-bond acceptors (Lipinski definition) is 3. The summed E-state index contributed by atoms with van der Waals surface area (Å²) >= 11 is 0. The van der Waals surface area contributed by atoms with Crippen LogP contribution in [0.1, 0.15) is 38.2 Å². The van der Waals surface area contributed by atoms with E-state index in [0.717, 1.165) is 12.0 Å². The maximum Gasteiger partial charge on any atom is 0.328 e. The van der Waals surface area contributed by atoms with E-state index < -0.39 is 24.4 Å². The topological polar surface area (TPSA) is 50.7 Å². The summed E-state index contributed by atoms with van der Waals surface area (Å²) in [4.78, 5) is 16.6. The molecule has 6 heteroatoms. The second-order valence-electron chi connectivity index (χ2n) is 5.35. The molecule has 0 fully saturated rings. The highest BCUT2D eigenvalue weighted by atomic mass is 19.3. The van der Waals surface area contributed by atoms with Gasteiger partial charge in [-0.2, -0.15) is 8.78 Å². The number of carbonyl (C=O) groups is 1. The van der Waals surface area contributed by atoms with Crippen molar-refractivity contribution in [3.05, 3.63) is 35.9 Å². The minimum absolute atomic E-state index is 0.266. The predicted octanol–water partition coefficient (Wildman–Crippen LogP) is 3.12. The van der Waals surface area contributed by atoms with Crippen LogP contribution in [0.3, 0.4) is 0 Å². The number of unbranched alkanes of at least 4 members (excludes halogenated alkanes) is 1. The summed E-state index contributed by atoms with van der Waals surface area (Å²) < 4.78 is 27.8. The van der Waals surface area contributed by atoms with Gasteiger partial charge in [0.15, 0.2) is 0 Å². The molecule has 2 rings (SSSR count). The standard InChI is InChI=1S/C16H20F2N2O2/c1-2-3-9-19-15(21)16(17,18)11-13-10-14(20-22-13)12-7-5-4-6-8-12/h4-8,13H,2-3,9-11H2,1H3,(H,19,21). The third kappa shape index (κ3) is 4.26. The highest BCUT2D eigenvalue weighted by molar-refractivity contribution is 6.01. The average Bonchev–Trinajstić information content (AvgIpc) is 2.96. The van der Waals surface area contributed by atoms with Crippen LogP contribution in [0.5, 0.6) is 0 Å². The zero-order valence-electron chi connectivity index (χ0n) is 12.5. The first kappa shape index (κ1) is 16.4. The van der Waals surface area contributed by atoms with Crippen LogP contribution in [0.25, 0.3) is 0 Å². The number of nitrogens with zero attached hydrogens (tertiary/aromatic N) is 1. The molecule has 0 radical (unpaired) electrons. The van der Waals surface area contributed by atoms with E-state index in [1.165, 1.54) is 0 Å². The zero-order chi connectivity index (χ0) is 16.0. The van der Waals surface area contributed by atoms with Crippen LogP contribution in [-0.4, -0.2) is 30.2 Å². The number of oxime groups is 1. The first-order valence-corrected chi connectivity index (χ1v) is 7.47. The van der Waals surface area contributed by atoms with Gasteiger partial charge in [-0.15, -0.1) is 0 Å². The largest absolute Gasteiger partial charge is 0.392 e. The van der Waals surface area contributed by atoms with Crippen LogP contribution in [0.15, 0.2) is 35.5 Å². The summed E-state index contributed by atoms with van der Waals surface area (Å²) in [5.74, 6) is -4.68. The van der Waals surface area contributed by atoms with Gasteiger partial charge in [0, 0.05) is 13.0 Å². The van der Waals surface area contributed by atoms with Gasteiger partial charge in [-0.05, 0) is 12.0 Å². The Hall–Kier alpha value is -1.98. The fourth-order valence-electron chi connectivity index (χ4n) is 2.23. The van der Waals surface area contributed by atoms with Gasteiger partial charge in [-0.25, -0.2) is 0 Å². The van der Waals surface area contributed by atoms with Gasteiger partial charge in [-0.3, -0.25) is 4.79 Å². The molecule has 22 heavy (non-hydrogen) atoms.